The van der Waals surface area contributed by atoms with Gasteiger partial charge in [0.15, 0.2) is 0 Å². The predicted octanol–water partition coefficient (Wildman–Crippen LogP) is 5.00. The maximum Gasteiger partial charge on any atom is 0.138 e. The summed E-state index contributed by atoms with van der Waals surface area (Å²) in [7, 11) is 0. The van der Waals surface area contributed by atoms with Gasteiger partial charge in [0.05, 0.1) is 10.2 Å². The topological polar surface area (TPSA) is 52.8 Å². The van der Waals surface area contributed by atoms with Crippen molar-refractivity contribution in [2.75, 3.05) is 0 Å². The molecule has 0 aliphatic heterocycles. The monoisotopic (exact) mass is 327 g/mol. The minimum atomic E-state index is 0.145. The van der Waals surface area contributed by atoms with E-state index in [9.17, 15) is 5.11 Å². The molecule has 0 aromatic heterocycles. The Hall–Kier alpha value is -1.03. The Kier molecular flexibility index (Phi) is 6.92. The molecular formula is C15H22BrNO2. The van der Waals surface area contributed by atoms with Crippen molar-refractivity contribution >= 4 is 21.6 Å². The molecule has 4 heteroatoms. The number of halogens is 1. The quantitative estimate of drug-likeness (QED) is 0.320. The van der Waals surface area contributed by atoms with Crippen molar-refractivity contribution in [3.05, 3.63) is 27.7 Å². The van der Waals surface area contributed by atoms with E-state index >= 15 is 0 Å². The molecule has 1 aromatic carbocycles. The first-order valence-corrected chi connectivity index (χ1v) is 7.59. The lowest BCUT2D eigenvalue weighted by molar-refractivity contribution is 0.317. The Labute approximate surface area is 123 Å². The average molecular weight is 328 g/mol. The summed E-state index contributed by atoms with van der Waals surface area (Å²) in [5.74, 6) is 0.145. The Bertz CT molecular complexity index is 444. The third-order valence-corrected chi connectivity index (χ3v) is 3.76. The highest BCUT2D eigenvalue weighted by Gasteiger charge is 2.13. The Balaban J connectivity index is 2.70. The number of unbranched alkanes of at least 4 members (excludes halogenated alkanes) is 4. The van der Waals surface area contributed by atoms with Crippen LogP contribution in [0.5, 0.6) is 5.75 Å². The van der Waals surface area contributed by atoms with Crippen LogP contribution in [0.15, 0.2) is 21.8 Å². The molecule has 0 radical (unpaired) electrons. The molecule has 0 fully saturated rings. The molecule has 0 aliphatic rings. The van der Waals surface area contributed by atoms with Crippen molar-refractivity contribution < 1.29 is 10.3 Å². The van der Waals surface area contributed by atoms with Crippen molar-refractivity contribution in [3.8, 4) is 5.75 Å². The van der Waals surface area contributed by atoms with Crippen LogP contribution in [0.2, 0.25) is 0 Å². The van der Waals surface area contributed by atoms with Crippen LogP contribution in [0, 0.1) is 6.92 Å². The molecule has 0 unspecified atom stereocenters. The summed E-state index contributed by atoms with van der Waals surface area (Å²) in [4.78, 5) is 0. The van der Waals surface area contributed by atoms with Crippen LogP contribution in [0.4, 0.5) is 0 Å². The fourth-order valence-corrected chi connectivity index (χ4v) is 2.66. The third-order valence-electron chi connectivity index (χ3n) is 3.16. The molecule has 0 bridgehead atoms. The van der Waals surface area contributed by atoms with Crippen LogP contribution >= 0.6 is 15.9 Å². The Morgan fingerprint density at radius 2 is 1.89 bits per heavy atom. The molecule has 2 N–H and O–H groups in total. The van der Waals surface area contributed by atoms with Crippen molar-refractivity contribution in [3.63, 3.8) is 0 Å². The van der Waals surface area contributed by atoms with Crippen molar-refractivity contribution in [1.82, 2.24) is 0 Å². The van der Waals surface area contributed by atoms with Gasteiger partial charge in [-0.05, 0) is 53.4 Å². The normalized spacial score (nSPS) is 11.8. The molecule has 106 valence electrons. The van der Waals surface area contributed by atoms with Crippen LogP contribution in [-0.2, 0) is 0 Å². The van der Waals surface area contributed by atoms with Gasteiger partial charge in [-0.15, -0.1) is 0 Å². The lowest BCUT2D eigenvalue weighted by Gasteiger charge is -2.10. The Morgan fingerprint density at radius 3 is 2.53 bits per heavy atom. The standard InChI is InChI=1S/C15H22BrNO2/c1-3-4-5-6-7-8-14(17-19)12-9-11(2)10-13(16)15(12)18/h9-10,18-19H,3-8H2,1-2H3. The number of phenols is 1. The lowest BCUT2D eigenvalue weighted by atomic mass is 10.0. The van der Waals surface area contributed by atoms with Gasteiger partial charge in [0.1, 0.15) is 5.75 Å². The minimum absolute atomic E-state index is 0.145. The summed E-state index contributed by atoms with van der Waals surface area (Å²) in [6.07, 6.45) is 6.45. The van der Waals surface area contributed by atoms with E-state index in [1.54, 1.807) is 0 Å². The van der Waals surface area contributed by atoms with E-state index < -0.39 is 0 Å². The second kappa shape index (κ2) is 8.20. The van der Waals surface area contributed by atoms with E-state index in [-0.39, 0.29) is 5.75 Å². The molecule has 0 atom stereocenters. The maximum absolute atomic E-state index is 10.0. The van der Waals surface area contributed by atoms with Gasteiger partial charge in [-0.2, -0.15) is 0 Å². The van der Waals surface area contributed by atoms with Gasteiger partial charge >= 0.3 is 0 Å². The van der Waals surface area contributed by atoms with Crippen molar-refractivity contribution in [2.24, 2.45) is 5.16 Å². The van der Waals surface area contributed by atoms with Gasteiger partial charge in [0.2, 0.25) is 0 Å². The molecule has 1 aromatic rings. The summed E-state index contributed by atoms with van der Waals surface area (Å²) in [6.45, 7) is 4.13. The van der Waals surface area contributed by atoms with Crippen LogP contribution < -0.4 is 0 Å². The highest BCUT2D eigenvalue weighted by atomic mass is 79.9. The summed E-state index contributed by atoms with van der Waals surface area (Å²) in [5, 5.41) is 22.5. The van der Waals surface area contributed by atoms with Crippen molar-refractivity contribution in [2.45, 2.75) is 52.4 Å². The molecule has 19 heavy (non-hydrogen) atoms. The van der Waals surface area contributed by atoms with Gasteiger partial charge in [-0.1, -0.05) is 37.8 Å². The van der Waals surface area contributed by atoms with Crippen LogP contribution in [0.1, 0.15) is 56.6 Å². The molecule has 0 spiro atoms. The molecule has 0 saturated heterocycles. The first-order chi connectivity index (χ1) is 9.10. The molecular weight excluding hydrogens is 306 g/mol. The molecule has 0 heterocycles. The Morgan fingerprint density at radius 1 is 1.21 bits per heavy atom. The second-order valence-electron chi connectivity index (χ2n) is 4.85. The number of nitrogens with zero attached hydrogens (tertiary/aromatic N) is 1. The van der Waals surface area contributed by atoms with Crippen LogP contribution in [-0.4, -0.2) is 16.0 Å². The fraction of sp³-hybridized carbons (Fsp3) is 0.533. The lowest BCUT2D eigenvalue weighted by Crippen LogP contribution is -2.03. The fourth-order valence-electron chi connectivity index (χ4n) is 2.09. The van der Waals surface area contributed by atoms with E-state index in [2.05, 4.69) is 28.0 Å². The summed E-state index contributed by atoms with van der Waals surface area (Å²) in [6, 6.07) is 3.69. The highest BCUT2D eigenvalue weighted by Crippen LogP contribution is 2.30. The molecule has 3 nitrogen and oxygen atoms in total. The largest absolute Gasteiger partial charge is 0.506 e. The van der Waals surface area contributed by atoms with Gasteiger partial charge in [-0.25, -0.2) is 0 Å². The number of benzene rings is 1. The number of hydrogen-bond donors (Lipinski definition) is 2. The van der Waals surface area contributed by atoms with E-state index in [1.165, 1.54) is 19.3 Å². The maximum atomic E-state index is 10.0. The summed E-state index contributed by atoms with van der Waals surface area (Å²) >= 11 is 3.31. The second-order valence-corrected chi connectivity index (χ2v) is 5.71. The number of phenolic OH excluding ortho intramolecular Hbond substituents is 1. The van der Waals surface area contributed by atoms with Crippen LogP contribution in [0.3, 0.4) is 0 Å². The first kappa shape index (κ1) is 16.0. The molecule has 1 rings (SSSR count). The number of aryl methyl sites for hydroxylation is 1. The van der Waals surface area contributed by atoms with Gasteiger partial charge < -0.3 is 10.3 Å². The summed E-state index contributed by atoms with van der Waals surface area (Å²) < 4.78 is 0.634. The van der Waals surface area contributed by atoms with Gasteiger partial charge in [0.25, 0.3) is 0 Å². The smallest absolute Gasteiger partial charge is 0.138 e. The zero-order chi connectivity index (χ0) is 14.3. The SMILES string of the molecule is CCCCCCCC(=NO)c1cc(C)cc(Br)c1O. The van der Waals surface area contributed by atoms with Crippen LogP contribution in [0.25, 0.3) is 0 Å². The van der Waals surface area contributed by atoms with E-state index in [1.807, 2.05) is 19.1 Å². The van der Waals surface area contributed by atoms with Crippen molar-refractivity contribution in [1.29, 1.82) is 0 Å². The minimum Gasteiger partial charge on any atom is -0.506 e. The molecule has 0 aliphatic carbocycles. The molecule has 0 saturated carbocycles. The van der Waals surface area contributed by atoms with Gasteiger partial charge in [0, 0.05) is 5.56 Å². The number of rotatable bonds is 7. The number of hydrogen-bond acceptors (Lipinski definition) is 3. The molecule has 0 amide bonds. The number of oxime groups is 1. The van der Waals surface area contributed by atoms with E-state index in [4.69, 9.17) is 5.21 Å². The highest BCUT2D eigenvalue weighted by molar-refractivity contribution is 9.10. The number of aromatic hydroxyl groups is 1. The third kappa shape index (κ3) is 4.86. The first-order valence-electron chi connectivity index (χ1n) is 6.80. The van der Waals surface area contributed by atoms with E-state index in [0.717, 1.165) is 18.4 Å². The van der Waals surface area contributed by atoms with E-state index in [0.29, 0.717) is 22.2 Å². The zero-order valence-electron chi connectivity index (χ0n) is 11.6. The predicted molar refractivity (Wildman–Crippen MR) is 82.2 cm³/mol. The zero-order valence-corrected chi connectivity index (χ0v) is 13.2. The summed E-state index contributed by atoms with van der Waals surface area (Å²) in [5.41, 5.74) is 2.19. The average Bonchev–Trinajstić information content (AvgIpc) is 2.38. The van der Waals surface area contributed by atoms with Gasteiger partial charge in [-0.3, -0.25) is 0 Å².